The summed E-state index contributed by atoms with van der Waals surface area (Å²) in [7, 11) is 5.77. The van der Waals surface area contributed by atoms with Gasteiger partial charge in [0.25, 0.3) is 0 Å². The second-order valence-corrected chi connectivity index (χ2v) is 7.49. The number of thiazole rings is 1. The van der Waals surface area contributed by atoms with Crippen molar-refractivity contribution in [3.8, 4) is 5.75 Å². The molecule has 1 aromatic heterocycles. The topological polar surface area (TPSA) is 61.8 Å². The van der Waals surface area contributed by atoms with Crippen LogP contribution < -0.4 is 20.3 Å². The van der Waals surface area contributed by atoms with Crippen LogP contribution in [0.2, 0.25) is 0 Å². The number of hydrogen-bond acceptors (Lipinski definition) is 5. The van der Waals surface area contributed by atoms with E-state index in [1.165, 1.54) is 12.8 Å². The summed E-state index contributed by atoms with van der Waals surface area (Å²) in [4.78, 5) is 10.9. The summed E-state index contributed by atoms with van der Waals surface area (Å²) in [5.41, 5.74) is 2.15. The van der Waals surface area contributed by atoms with E-state index in [2.05, 4.69) is 32.1 Å². The van der Waals surface area contributed by atoms with Crippen LogP contribution in [-0.4, -0.2) is 38.7 Å². The lowest BCUT2D eigenvalue weighted by Gasteiger charge is -2.14. The third-order valence-electron chi connectivity index (χ3n) is 4.17. The van der Waals surface area contributed by atoms with Crippen LogP contribution in [0.4, 0.5) is 5.13 Å². The molecular weight excluding hydrogens is 473 g/mol. The highest BCUT2D eigenvalue weighted by atomic mass is 127. The number of halogens is 1. The Labute approximate surface area is 182 Å². The SMILES string of the molecule is CN=C(NCc1csc(N(C)C)n1)NCc1ccccc1OCC1CC1.I. The van der Waals surface area contributed by atoms with Gasteiger partial charge in [0.05, 0.1) is 18.8 Å². The van der Waals surface area contributed by atoms with Crippen molar-refractivity contribution in [1.82, 2.24) is 15.6 Å². The lowest BCUT2D eigenvalue weighted by atomic mass is 10.2. The van der Waals surface area contributed by atoms with E-state index >= 15 is 0 Å². The van der Waals surface area contributed by atoms with Crippen molar-refractivity contribution in [2.24, 2.45) is 10.9 Å². The van der Waals surface area contributed by atoms with Gasteiger partial charge in [0, 0.05) is 38.6 Å². The molecule has 1 aromatic carbocycles. The van der Waals surface area contributed by atoms with Crippen LogP contribution in [-0.2, 0) is 13.1 Å². The molecule has 0 aliphatic heterocycles. The summed E-state index contributed by atoms with van der Waals surface area (Å²) in [6.45, 7) is 2.13. The molecular formula is C19H28IN5OS. The van der Waals surface area contributed by atoms with Crippen LogP contribution in [0.3, 0.4) is 0 Å². The standard InChI is InChI=1S/C19H27N5OS.HI/c1-20-18(22-11-16-13-26-19(23-16)24(2)3)21-10-15-6-4-5-7-17(15)25-12-14-8-9-14;/h4-7,13-14H,8-12H2,1-3H3,(H2,20,21,22);1H. The van der Waals surface area contributed by atoms with Crippen LogP contribution in [0, 0.1) is 5.92 Å². The molecule has 0 atom stereocenters. The smallest absolute Gasteiger partial charge is 0.191 e. The zero-order chi connectivity index (χ0) is 18.4. The maximum Gasteiger partial charge on any atom is 0.191 e. The molecule has 27 heavy (non-hydrogen) atoms. The van der Waals surface area contributed by atoms with Crippen molar-refractivity contribution >= 4 is 46.4 Å². The Morgan fingerprint density at radius 2 is 2.00 bits per heavy atom. The lowest BCUT2D eigenvalue weighted by Crippen LogP contribution is -2.36. The van der Waals surface area contributed by atoms with Crippen LogP contribution in [0.15, 0.2) is 34.6 Å². The van der Waals surface area contributed by atoms with E-state index in [4.69, 9.17) is 4.74 Å². The molecule has 3 rings (SSSR count). The molecule has 1 saturated carbocycles. The van der Waals surface area contributed by atoms with Gasteiger partial charge in [-0.05, 0) is 24.8 Å². The fourth-order valence-corrected chi connectivity index (χ4v) is 3.20. The molecule has 0 unspecified atom stereocenters. The zero-order valence-corrected chi connectivity index (χ0v) is 19.2. The molecule has 0 amide bonds. The number of rotatable bonds is 8. The van der Waals surface area contributed by atoms with Gasteiger partial charge in [-0.1, -0.05) is 18.2 Å². The summed E-state index contributed by atoms with van der Waals surface area (Å²) in [6, 6.07) is 8.18. The Bertz CT molecular complexity index is 745. The van der Waals surface area contributed by atoms with E-state index in [0.717, 1.165) is 40.6 Å². The van der Waals surface area contributed by atoms with Crippen molar-refractivity contribution in [3.05, 3.63) is 40.9 Å². The molecule has 1 fully saturated rings. The van der Waals surface area contributed by atoms with E-state index in [-0.39, 0.29) is 24.0 Å². The minimum atomic E-state index is 0. The maximum absolute atomic E-state index is 5.97. The molecule has 2 aromatic rings. The fraction of sp³-hybridized carbons (Fsp3) is 0.474. The molecule has 2 N–H and O–H groups in total. The molecule has 0 bridgehead atoms. The third kappa shape index (κ3) is 6.84. The highest BCUT2D eigenvalue weighted by Crippen LogP contribution is 2.30. The second kappa shape index (κ2) is 10.7. The van der Waals surface area contributed by atoms with Gasteiger partial charge >= 0.3 is 0 Å². The van der Waals surface area contributed by atoms with Gasteiger partial charge in [-0.2, -0.15) is 0 Å². The molecule has 8 heteroatoms. The van der Waals surface area contributed by atoms with Crippen molar-refractivity contribution in [1.29, 1.82) is 0 Å². The van der Waals surface area contributed by atoms with Crippen LogP contribution in [0.1, 0.15) is 24.1 Å². The second-order valence-electron chi connectivity index (χ2n) is 6.66. The fourth-order valence-electron chi connectivity index (χ4n) is 2.44. The van der Waals surface area contributed by atoms with Gasteiger partial charge in [-0.15, -0.1) is 35.3 Å². The number of aliphatic imine (C=N–C) groups is 1. The molecule has 6 nitrogen and oxygen atoms in total. The number of ether oxygens (including phenoxy) is 1. The minimum absolute atomic E-state index is 0. The Morgan fingerprint density at radius 1 is 1.26 bits per heavy atom. The zero-order valence-electron chi connectivity index (χ0n) is 16.1. The summed E-state index contributed by atoms with van der Waals surface area (Å²) >= 11 is 1.64. The summed E-state index contributed by atoms with van der Waals surface area (Å²) < 4.78 is 5.97. The largest absolute Gasteiger partial charge is 0.493 e. The first-order valence-electron chi connectivity index (χ1n) is 8.92. The quantitative estimate of drug-likeness (QED) is 0.330. The lowest BCUT2D eigenvalue weighted by molar-refractivity contribution is 0.296. The first-order valence-corrected chi connectivity index (χ1v) is 9.80. The van der Waals surface area contributed by atoms with E-state index < -0.39 is 0 Å². The predicted molar refractivity (Wildman–Crippen MR) is 124 cm³/mol. The number of benzene rings is 1. The molecule has 0 radical (unpaired) electrons. The Kier molecular flexibility index (Phi) is 8.62. The van der Waals surface area contributed by atoms with Crippen LogP contribution in [0.25, 0.3) is 0 Å². The van der Waals surface area contributed by atoms with Gasteiger partial charge in [-0.25, -0.2) is 4.98 Å². The first kappa shape index (κ1) is 21.7. The van der Waals surface area contributed by atoms with E-state index in [1.807, 2.05) is 37.2 Å². The number of nitrogens with one attached hydrogen (secondary N) is 2. The third-order valence-corrected chi connectivity index (χ3v) is 5.23. The van der Waals surface area contributed by atoms with E-state index in [1.54, 1.807) is 18.4 Å². The Hall–Kier alpha value is -1.55. The maximum atomic E-state index is 5.97. The predicted octanol–water partition coefficient (Wildman–Crippen LogP) is 3.48. The number of anilines is 1. The number of para-hydroxylation sites is 1. The Morgan fingerprint density at radius 3 is 2.67 bits per heavy atom. The number of hydrogen-bond donors (Lipinski definition) is 2. The normalized spacial score (nSPS) is 13.7. The highest BCUT2D eigenvalue weighted by molar-refractivity contribution is 14.0. The van der Waals surface area contributed by atoms with Gasteiger partial charge in [0.2, 0.25) is 0 Å². The van der Waals surface area contributed by atoms with Crippen LogP contribution in [0.5, 0.6) is 5.75 Å². The minimum Gasteiger partial charge on any atom is -0.493 e. The van der Waals surface area contributed by atoms with E-state index in [9.17, 15) is 0 Å². The van der Waals surface area contributed by atoms with Gasteiger partial charge in [0.1, 0.15) is 5.75 Å². The van der Waals surface area contributed by atoms with Crippen molar-refractivity contribution in [3.63, 3.8) is 0 Å². The molecule has 0 spiro atoms. The average Bonchev–Trinajstić information content (AvgIpc) is 3.36. The van der Waals surface area contributed by atoms with Gasteiger partial charge in [0.15, 0.2) is 11.1 Å². The Balaban J connectivity index is 0.00000261. The van der Waals surface area contributed by atoms with Crippen molar-refractivity contribution in [2.75, 3.05) is 32.6 Å². The molecule has 148 valence electrons. The molecule has 1 heterocycles. The number of guanidine groups is 1. The summed E-state index contributed by atoms with van der Waals surface area (Å²) in [5.74, 6) is 2.45. The van der Waals surface area contributed by atoms with E-state index in [0.29, 0.717) is 13.1 Å². The number of nitrogens with zero attached hydrogens (tertiary/aromatic N) is 3. The average molecular weight is 501 g/mol. The van der Waals surface area contributed by atoms with Crippen LogP contribution >= 0.6 is 35.3 Å². The van der Waals surface area contributed by atoms with Gasteiger partial charge in [-0.3, -0.25) is 4.99 Å². The van der Waals surface area contributed by atoms with Crippen molar-refractivity contribution in [2.45, 2.75) is 25.9 Å². The van der Waals surface area contributed by atoms with Crippen molar-refractivity contribution < 1.29 is 4.74 Å². The number of aromatic nitrogens is 1. The first-order chi connectivity index (χ1) is 12.7. The molecule has 1 aliphatic rings. The summed E-state index contributed by atoms with van der Waals surface area (Å²) in [5, 5.41) is 9.74. The molecule has 1 aliphatic carbocycles. The highest BCUT2D eigenvalue weighted by Gasteiger charge is 2.22. The molecule has 0 saturated heterocycles. The summed E-state index contributed by atoms with van der Waals surface area (Å²) in [6.07, 6.45) is 2.59. The monoisotopic (exact) mass is 501 g/mol. The van der Waals surface area contributed by atoms with Gasteiger partial charge < -0.3 is 20.3 Å².